The molecule has 308 valence electrons. The number of aryl methyl sites for hydroxylation is 1. The van der Waals surface area contributed by atoms with Gasteiger partial charge in [-0.1, -0.05) is 81.2 Å². The number of carbonyl (C=O) groups excluding carboxylic acids is 4. The van der Waals surface area contributed by atoms with Gasteiger partial charge in [0, 0.05) is 69.0 Å². The number of rotatable bonds is 11. The Morgan fingerprint density at radius 2 is 1.10 bits per heavy atom. The lowest BCUT2D eigenvalue weighted by molar-refractivity contribution is -0.152. The molecule has 3 aromatic carbocycles. The molecule has 3 heterocycles. The van der Waals surface area contributed by atoms with E-state index in [1.807, 2.05) is 6.07 Å². The first-order valence-corrected chi connectivity index (χ1v) is 19.7. The first-order valence-electron chi connectivity index (χ1n) is 17.0. The van der Waals surface area contributed by atoms with Crippen LogP contribution in [0.4, 0.5) is 0 Å². The first kappa shape index (κ1) is 48.2. The minimum Gasteiger partial charge on any atom is -0.481 e. The van der Waals surface area contributed by atoms with Crippen LogP contribution in [0.5, 0.6) is 0 Å². The number of imidazole rings is 1. The molecule has 0 atom stereocenters. The number of H-pyrrole nitrogens is 1. The number of fused-ring (bicyclic) bond motifs is 1. The summed E-state index contributed by atoms with van der Waals surface area (Å²) >= 11 is 40.7. The quantitative estimate of drug-likeness (QED) is 0.0483. The van der Waals surface area contributed by atoms with Crippen molar-refractivity contribution in [1.29, 1.82) is 0 Å². The zero-order valence-electron chi connectivity index (χ0n) is 30.2. The normalized spacial score (nSPS) is 11.6. The van der Waals surface area contributed by atoms with Crippen molar-refractivity contribution >= 4 is 122 Å². The van der Waals surface area contributed by atoms with E-state index >= 15 is 0 Å². The number of aliphatic carboxylic acids is 1. The lowest BCUT2D eigenvalue weighted by Gasteiger charge is -2.06. The number of amides is 2. The average Bonchev–Trinajstić information content (AvgIpc) is 3.74. The number of carbonyl (C=O) groups is 5. The highest BCUT2D eigenvalue weighted by Crippen LogP contribution is 2.21. The molecule has 0 aliphatic carbocycles. The monoisotopic (exact) mass is 932 g/mol. The highest BCUT2D eigenvalue weighted by Gasteiger charge is 2.19. The predicted octanol–water partition coefficient (Wildman–Crippen LogP) is 8.94. The zero-order chi connectivity index (χ0) is 42.8. The predicted molar refractivity (Wildman–Crippen MR) is 225 cm³/mol. The second-order valence-corrected chi connectivity index (χ2v) is 15.0. The topological polar surface area (TPSA) is 206 Å². The van der Waals surface area contributed by atoms with E-state index in [9.17, 15) is 24.0 Å². The van der Waals surface area contributed by atoms with Gasteiger partial charge >= 0.3 is 17.9 Å². The van der Waals surface area contributed by atoms with Gasteiger partial charge in [0.1, 0.15) is 11.0 Å². The Balaban J connectivity index is 0.000000229. The van der Waals surface area contributed by atoms with Crippen molar-refractivity contribution in [2.45, 2.75) is 58.2 Å². The van der Waals surface area contributed by atoms with Gasteiger partial charge in [-0.05, 0) is 83.4 Å². The maximum Gasteiger partial charge on any atom is 0.314 e. The number of aromatic amines is 1. The van der Waals surface area contributed by atoms with Crippen molar-refractivity contribution in [2.75, 3.05) is 0 Å². The Kier molecular flexibility index (Phi) is 20.5. The summed E-state index contributed by atoms with van der Waals surface area (Å²) in [5, 5.41) is 17.5. The number of pyridine rings is 1. The number of halogens is 7. The number of hydrogen-bond acceptors (Lipinski definition) is 9. The maximum atomic E-state index is 12.0. The van der Waals surface area contributed by atoms with E-state index in [1.54, 1.807) is 60.7 Å². The number of ether oxygens (including phenoxy) is 1. The minimum atomic E-state index is -0.994. The first-order chi connectivity index (χ1) is 27.5. The highest BCUT2D eigenvalue weighted by atomic mass is 35.5. The van der Waals surface area contributed by atoms with E-state index in [4.69, 9.17) is 92.0 Å². The summed E-state index contributed by atoms with van der Waals surface area (Å²) in [6.07, 6.45) is 1.10. The molecule has 0 radical (unpaired) electrons. The molecule has 0 unspecified atom stereocenters. The lowest BCUT2D eigenvalue weighted by atomic mass is 10.2. The van der Waals surface area contributed by atoms with Crippen LogP contribution in [0.3, 0.4) is 0 Å². The highest BCUT2D eigenvalue weighted by molar-refractivity contribution is 6.35. The second kappa shape index (κ2) is 24.7. The fraction of sp³-hybridized carbons (Fsp3) is 0.237. The molecule has 6 N–H and O–H groups in total. The average molecular weight is 936 g/mol. The summed E-state index contributed by atoms with van der Waals surface area (Å²) in [5.74, 6) is -1.50. The van der Waals surface area contributed by atoms with Crippen LogP contribution in [-0.4, -0.2) is 49.8 Å². The van der Waals surface area contributed by atoms with Gasteiger partial charge in [-0.2, -0.15) is 0 Å². The summed E-state index contributed by atoms with van der Waals surface area (Å²) < 4.78 is 4.08. The zero-order valence-corrected chi connectivity index (χ0v) is 35.5. The largest absolute Gasteiger partial charge is 0.481 e. The Morgan fingerprint density at radius 3 is 1.52 bits per heavy atom. The van der Waals surface area contributed by atoms with E-state index in [2.05, 4.69) is 30.3 Å². The molecule has 2 amide bonds. The molecule has 1 aliphatic rings. The fourth-order valence-electron chi connectivity index (χ4n) is 4.66. The van der Waals surface area contributed by atoms with Gasteiger partial charge in [-0.25, -0.2) is 9.97 Å². The van der Waals surface area contributed by atoms with E-state index in [0.717, 1.165) is 22.2 Å². The van der Waals surface area contributed by atoms with Gasteiger partial charge < -0.3 is 31.2 Å². The summed E-state index contributed by atoms with van der Waals surface area (Å²) in [7, 11) is 0. The summed E-state index contributed by atoms with van der Waals surface area (Å²) in [6.45, 7) is 1.12. The molecule has 1 saturated heterocycles. The Hall–Kier alpha value is -4.18. The molecule has 1 fully saturated rings. The molecule has 0 spiro atoms. The van der Waals surface area contributed by atoms with E-state index < -0.39 is 17.9 Å². The standard InChI is InChI=1S/C16H13Cl3N4O.C11H11Cl2NO3.C7H7Cl2N.C4H4O3/c17-10-5-9(6-11(18)7-10)8-20-15(24)4-3-14-21-12-1-2-13(19)22-16(12)23-14;12-8-3-7(4-9(13)5-8)6-14-10(15)1-2-11(16)17;8-6-1-5(4-10)2-7(9)3-6;5-3-1-2-4(6)7-3/h1-2,5-7H,3-4,8H2,(H,20,24)(H,21,22,23);3-5H,1-2,6H2,(H,14,15)(H,16,17);1-3H,4,10H2;1-2H2. The van der Waals surface area contributed by atoms with Crippen LogP contribution in [0.25, 0.3) is 11.2 Å². The number of benzene rings is 3. The lowest BCUT2D eigenvalue weighted by Crippen LogP contribution is -2.23. The SMILES string of the molecule is NCc1cc(Cl)cc(Cl)c1.O=C(CCc1nc2nc(Cl)ccc2[nH]1)NCc1cc(Cl)cc(Cl)c1.O=C(O)CCC(=O)NCc1cc(Cl)cc(Cl)c1.O=C1CCC(=O)O1. The molecule has 20 heteroatoms. The number of cyclic esters (lactones) is 2. The molecule has 5 aromatic rings. The van der Waals surface area contributed by atoms with Crippen molar-refractivity contribution in [3.63, 3.8) is 0 Å². The Labute approximate surface area is 367 Å². The molecule has 13 nitrogen and oxygen atoms in total. The van der Waals surface area contributed by atoms with Gasteiger partial charge in [-0.3, -0.25) is 24.0 Å². The van der Waals surface area contributed by atoms with Gasteiger partial charge in [0.25, 0.3) is 0 Å². The molecule has 0 saturated carbocycles. The molecule has 58 heavy (non-hydrogen) atoms. The van der Waals surface area contributed by atoms with Gasteiger partial charge in [0.2, 0.25) is 11.8 Å². The maximum absolute atomic E-state index is 12.0. The third-order valence-electron chi connectivity index (χ3n) is 7.26. The molecule has 2 aromatic heterocycles. The smallest absolute Gasteiger partial charge is 0.314 e. The van der Waals surface area contributed by atoms with Gasteiger partial charge in [-0.15, -0.1) is 0 Å². The minimum absolute atomic E-state index is 0.0381. The van der Waals surface area contributed by atoms with Crippen LogP contribution in [-0.2, 0) is 54.8 Å². The van der Waals surface area contributed by atoms with Crippen LogP contribution >= 0.6 is 81.2 Å². The second-order valence-electron chi connectivity index (χ2n) is 12.0. The number of aromatic nitrogens is 3. The van der Waals surface area contributed by atoms with Crippen LogP contribution < -0.4 is 16.4 Å². The molecule has 6 rings (SSSR count). The van der Waals surface area contributed by atoms with E-state index in [-0.39, 0.29) is 44.0 Å². The number of carboxylic acid groups (broad SMARTS) is 1. The summed E-state index contributed by atoms with van der Waals surface area (Å²) in [4.78, 5) is 65.1. The number of nitrogens with one attached hydrogen (secondary N) is 3. The van der Waals surface area contributed by atoms with E-state index in [0.29, 0.717) is 72.7 Å². The van der Waals surface area contributed by atoms with Gasteiger partial charge in [0.15, 0.2) is 5.65 Å². The van der Waals surface area contributed by atoms with Crippen molar-refractivity contribution in [3.8, 4) is 0 Å². The number of hydrogen-bond donors (Lipinski definition) is 5. The van der Waals surface area contributed by atoms with Crippen molar-refractivity contribution in [1.82, 2.24) is 25.6 Å². The van der Waals surface area contributed by atoms with Crippen LogP contribution in [0.15, 0.2) is 66.7 Å². The number of esters is 2. The summed E-state index contributed by atoms with van der Waals surface area (Å²) in [5.41, 5.74) is 9.29. The molecule has 1 aliphatic heterocycles. The van der Waals surface area contributed by atoms with Crippen LogP contribution in [0.2, 0.25) is 35.3 Å². The number of nitrogens with zero attached hydrogens (tertiary/aromatic N) is 2. The van der Waals surface area contributed by atoms with Crippen LogP contribution in [0.1, 0.15) is 54.6 Å². The van der Waals surface area contributed by atoms with E-state index in [1.165, 1.54) is 0 Å². The Morgan fingerprint density at radius 1 is 0.655 bits per heavy atom. The third-order valence-corrected chi connectivity index (χ3v) is 8.78. The molecular formula is C38H35Cl7N6O7. The number of nitrogens with two attached hydrogens (primary N) is 1. The fourth-order valence-corrected chi connectivity index (χ4v) is 6.51. The summed E-state index contributed by atoms with van der Waals surface area (Å²) in [6, 6.07) is 18.9. The van der Waals surface area contributed by atoms with Crippen molar-refractivity contribution in [3.05, 3.63) is 125 Å². The third kappa shape index (κ3) is 19.0. The molecule has 0 bridgehead atoms. The van der Waals surface area contributed by atoms with Crippen molar-refractivity contribution < 1.29 is 33.8 Å². The van der Waals surface area contributed by atoms with Crippen LogP contribution in [0, 0.1) is 0 Å². The van der Waals surface area contributed by atoms with Gasteiger partial charge in [0.05, 0.1) is 24.8 Å². The van der Waals surface area contributed by atoms with Crippen molar-refractivity contribution in [2.24, 2.45) is 5.73 Å². The number of carboxylic acids is 1. The Bertz CT molecular complexity index is 2160. The molecular weight excluding hydrogens is 901 g/mol.